The van der Waals surface area contributed by atoms with Gasteiger partial charge in [-0.3, -0.25) is 0 Å². The van der Waals surface area contributed by atoms with Crippen LogP contribution in [0.2, 0.25) is 0 Å². The van der Waals surface area contributed by atoms with Crippen molar-refractivity contribution in [3.63, 3.8) is 0 Å². The summed E-state index contributed by atoms with van der Waals surface area (Å²) >= 11 is 3.54. The van der Waals surface area contributed by atoms with E-state index in [2.05, 4.69) is 40.0 Å². The van der Waals surface area contributed by atoms with Gasteiger partial charge in [-0.05, 0) is 52.2 Å². The zero-order valence-electron chi connectivity index (χ0n) is 9.98. The third kappa shape index (κ3) is 1.95. The third-order valence-electron chi connectivity index (χ3n) is 2.93. The summed E-state index contributed by atoms with van der Waals surface area (Å²) in [4.78, 5) is 4.56. The molecule has 0 radical (unpaired) electrons. The highest BCUT2D eigenvalue weighted by molar-refractivity contribution is 9.10. The van der Waals surface area contributed by atoms with Gasteiger partial charge in [0.2, 0.25) is 5.89 Å². The Morgan fingerprint density at radius 1 is 1.17 bits per heavy atom. The topological polar surface area (TPSA) is 26.0 Å². The number of benzene rings is 2. The van der Waals surface area contributed by atoms with Crippen LogP contribution in [0.25, 0.3) is 22.6 Å². The molecule has 0 saturated heterocycles. The Balaban J connectivity index is 2.20. The first kappa shape index (κ1) is 11.5. The molecule has 0 bridgehead atoms. The van der Waals surface area contributed by atoms with Crippen LogP contribution in [0.3, 0.4) is 0 Å². The van der Waals surface area contributed by atoms with Gasteiger partial charge in [-0.15, -0.1) is 0 Å². The summed E-state index contributed by atoms with van der Waals surface area (Å²) in [6.45, 7) is 2.13. The van der Waals surface area contributed by atoms with Crippen LogP contribution >= 0.6 is 15.9 Å². The molecule has 0 N–H and O–H groups in total. The fraction of sp³-hybridized carbons (Fsp3) is 0.133. The molecule has 0 atom stereocenters. The minimum Gasteiger partial charge on any atom is -0.435 e. The van der Waals surface area contributed by atoms with Crippen LogP contribution in [0.1, 0.15) is 12.5 Å². The van der Waals surface area contributed by atoms with E-state index in [1.165, 1.54) is 5.56 Å². The second-order valence-corrected chi connectivity index (χ2v) is 5.02. The normalized spacial score (nSPS) is 11.0. The van der Waals surface area contributed by atoms with Crippen molar-refractivity contribution < 1.29 is 4.42 Å². The summed E-state index contributed by atoms with van der Waals surface area (Å²) in [6, 6.07) is 14.1. The number of aromatic nitrogens is 1. The van der Waals surface area contributed by atoms with Gasteiger partial charge in [0.15, 0.2) is 5.58 Å². The van der Waals surface area contributed by atoms with E-state index < -0.39 is 0 Å². The van der Waals surface area contributed by atoms with E-state index in [4.69, 9.17) is 4.42 Å². The molecule has 3 heteroatoms. The van der Waals surface area contributed by atoms with Gasteiger partial charge in [-0.25, -0.2) is 4.98 Å². The van der Waals surface area contributed by atoms with Gasteiger partial charge in [0.05, 0.1) is 4.47 Å². The van der Waals surface area contributed by atoms with E-state index in [1.807, 2.05) is 30.3 Å². The average molecular weight is 302 g/mol. The average Bonchev–Trinajstić information content (AvgIpc) is 2.84. The maximum Gasteiger partial charge on any atom is 0.227 e. The minimum atomic E-state index is 0.666. The first-order chi connectivity index (χ1) is 8.78. The molecule has 0 aliphatic heterocycles. The Morgan fingerprint density at radius 3 is 2.67 bits per heavy atom. The molecular weight excluding hydrogens is 290 g/mol. The summed E-state index contributed by atoms with van der Waals surface area (Å²) in [5.41, 5.74) is 3.96. The van der Waals surface area contributed by atoms with Crippen LogP contribution in [0, 0.1) is 0 Å². The van der Waals surface area contributed by atoms with Gasteiger partial charge < -0.3 is 4.42 Å². The molecular formula is C15H12BrNO. The summed E-state index contributed by atoms with van der Waals surface area (Å²) in [5.74, 6) is 0.666. The van der Waals surface area contributed by atoms with E-state index in [0.717, 1.165) is 27.6 Å². The largest absolute Gasteiger partial charge is 0.435 e. The van der Waals surface area contributed by atoms with Gasteiger partial charge in [0.1, 0.15) is 5.52 Å². The lowest BCUT2D eigenvalue weighted by atomic mass is 10.1. The minimum absolute atomic E-state index is 0.666. The highest BCUT2D eigenvalue weighted by Gasteiger charge is 2.11. The lowest BCUT2D eigenvalue weighted by Crippen LogP contribution is -1.80. The van der Waals surface area contributed by atoms with Gasteiger partial charge in [-0.1, -0.05) is 25.1 Å². The molecule has 0 saturated carbocycles. The molecule has 0 aliphatic carbocycles. The Kier molecular flexibility index (Phi) is 2.92. The molecule has 0 amide bonds. The molecule has 0 aliphatic rings. The van der Waals surface area contributed by atoms with Gasteiger partial charge >= 0.3 is 0 Å². The van der Waals surface area contributed by atoms with Crippen LogP contribution in [-0.2, 0) is 6.42 Å². The van der Waals surface area contributed by atoms with Crippen LogP contribution in [0.5, 0.6) is 0 Å². The monoisotopic (exact) mass is 301 g/mol. The van der Waals surface area contributed by atoms with Crippen molar-refractivity contribution in [3.05, 3.63) is 52.5 Å². The van der Waals surface area contributed by atoms with Crippen molar-refractivity contribution in [2.24, 2.45) is 0 Å². The molecule has 2 aromatic carbocycles. The van der Waals surface area contributed by atoms with Crippen LogP contribution in [0.4, 0.5) is 0 Å². The zero-order chi connectivity index (χ0) is 12.5. The standard InChI is InChI=1S/C15H12BrNO/c1-2-10-8-12(16)14-13(9-10)17-15(18-14)11-6-4-3-5-7-11/h3-9H,2H2,1H3. The van der Waals surface area contributed by atoms with Crippen LogP contribution < -0.4 is 0 Å². The van der Waals surface area contributed by atoms with Gasteiger partial charge in [-0.2, -0.15) is 0 Å². The second-order valence-electron chi connectivity index (χ2n) is 4.16. The van der Waals surface area contributed by atoms with E-state index in [-0.39, 0.29) is 0 Å². The van der Waals surface area contributed by atoms with Gasteiger partial charge in [0.25, 0.3) is 0 Å². The van der Waals surface area contributed by atoms with Crippen molar-refractivity contribution in [1.82, 2.24) is 4.98 Å². The molecule has 0 fully saturated rings. The summed E-state index contributed by atoms with van der Waals surface area (Å²) < 4.78 is 6.79. The van der Waals surface area contributed by atoms with E-state index in [0.29, 0.717) is 5.89 Å². The SMILES string of the molecule is CCc1cc(Br)c2oc(-c3ccccc3)nc2c1. The predicted octanol–water partition coefficient (Wildman–Crippen LogP) is 4.82. The fourth-order valence-corrected chi connectivity index (χ4v) is 2.53. The molecule has 0 unspecified atom stereocenters. The molecule has 2 nitrogen and oxygen atoms in total. The summed E-state index contributed by atoms with van der Waals surface area (Å²) in [7, 11) is 0. The Bertz CT molecular complexity index is 688. The number of nitrogens with zero attached hydrogens (tertiary/aromatic N) is 1. The summed E-state index contributed by atoms with van der Waals surface area (Å²) in [6.07, 6.45) is 0.988. The maximum atomic E-state index is 5.83. The molecule has 3 rings (SSSR count). The van der Waals surface area contributed by atoms with Crippen molar-refractivity contribution in [2.75, 3.05) is 0 Å². The van der Waals surface area contributed by atoms with Crippen molar-refractivity contribution in [2.45, 2.75) is 13.3 Å². The lowest BCUT2D eigenvalue weighted by molar-refractivity contribution is 0.618. The van der Waals surface area contributed by atoms with E-state index in [1.54, 1.807) is 0 Å². The van der Waals surface area contributed by atoms with Crippen molar-refractivity contribution in [1.29, 1.82) is 0 Å². The van der Waals surface area contributed by atoms with Crippen LogP contribution in [-0.4, -0.2) is 4.98 Å². The number of rotatable bonds is 2. The maximum absolute atomic E-state index is 5.83. The van der Waals surface area contributed by atoms with Gasteiger partial charge in [0, 0.05) is 5.56 Å². The fourth-order valence-electron chi connectivity index (χ4n) is 1.95. The zero-order valence-corrected chi connectivity index (χ0v) is 11.6. The Morgan fingerprint density at radius 2 is 1.94 bits per heavy atom. The smallest absolute Gasteiger partial charge is 0.227 e. The number of hydrogen-bond donors (Lipinski definition) is 0. The number of aryl methyl sites for hydroxylation is 1. The number of halogens is 1. The molecule has 18 heavy (non-hydrogen) atoms. The third-order valence-corrected chi connectivity index (χ3v) is 3.52. The Labute approximate surface area is 114 Å². The molecule has 1 heterocycles. The van der Waals surface area contributed by atoms with E-state index in [9.17, 15) is 0 Å². The molecule has 90 valence electrons. The quantitative estimate of drug-likeness (QED) is 0.678. The second kappa shape index (κ2) is 4.58. The number of fused-ring (bicyclic) bond motifs is 1. The predicted molar refractivity (Wildman–Crippen MR) is 76.5 cm³/mol. The molecule has 1 aromatic heterocycles. The molecule has 3 aromatic rings. The molecule has 0 spiro atoms. The van der Waals surface area contributed by atoms with Crippen molar-refractivity contribution in [3.8, 4) is 11.5 Å². The first-order valence-electron chi connectivity index (χ1n) is 5.92. The Hall–Kier alpha value is -1.61. The highest BCUT2D eigenvalue weighted by atomic mass is 79.9. The number of oxazole rings is 1. The summed E-state index contributed by atoms with van der Waals surface area (Å²) in [5, 5.41) is 0. The van der Waals surface area contributed by atoms with E-state index >= 15 is 0 Å². The van der Waals surface area contributed by atoms with Crippen molar-refractivity contribution >= 4 is 27.0 Å². The lowest BCUT2D eigenvalue weighted by Gasteiger charge is -1.97. The first-order valence-corrected chi connectivity index (χ1v) is 6.71. The van der Waals surface area contributed by atoms with Crippen LogP contribution in [0.15, 0.2) is 51.4 Å². The highest BCUT2D eigenvalue weighted by Crippen LogP contribution is 2.30. The number of hydrogen-bond acceptors (Lipinski definition) is 2.